The lowest BCUT2D eigenvalue weighted by atomic mass is 10.2. The quantitative estimate of drug-likeness (QED) is 0.548. The number of aromatic nitrogens is 2. The van der Waals surface area contributed by atoms with Gasteiger partial charge in [-0.3, -0.25) is 9.69 Å². The van der Waals surface area contributed by atoms with Gasteiger partial charge in [0.05, 0.1) is 18.2 Å². The van der Waals surface area contributed by atoms with Gasteiger partial charge in [0, 0.05) is 22.5 Å². The first-order valence-corrected chi connectivity index (χ1v) is 9.33. The van der Waals surface area contributed by atoms with Crippen molar-refractivity contribution < 1.29 is 4.42 Å². The topological polar surface area (TPSA) is 62.1 Å². The minimum atomic E-state index is -0.145. The molecule has 0 aliphatic rings. The number of nitrogens with one attached hydrogen (secondary N) is 1. The maximum absolute atomic E-state index is 12.6. The van der Waals surface area contributed by atoms with E-state index in [9.17, 15) is 4.79 Å². The fraction of sp³-hybridized carbons (Fsp3) is 0.158. The summed E-state index contributed by atoms with van der Waals surface area (Å²) in [4.78, 5) is 22.9. The molecule has 26 heavy (non-hydrogen) atoms. The van der Waals surface area contributed by atoms with Crippen molar-refractivity contribution in [3.63, 3.8) is 0 Å². The number of halogens is 1. The van der Waals surface area contributed by atoms with Gasteiger partial charge in [0.1, 0.15) is 16.4 Å². The zero-order chi connectivity index (χ0) is 18.1. The summed E-state index contributed by atoms with van der Waals surface area (Å²) in [5, 5.41) is 3.20. The molecule has 0 aliphatic heterocycles. The number of hydrogen-bond donors (Lipinski definition) is 1. The Balaban J connectivity index is 1.59. The van der Waals surface area contributed by atoms with E-state index in [4.69, 9.17) is 16.0 Å². The molecule has 0 atom stereocenters. The number of thiophene rings is 1. The van der Waals surface area contributed by atoms with E-state index >= 15 is 0 Å². The highest BCUT2D eigenvalue weighted by atomic mass is 35.5. The molecule has 0 bridgehead atoms. The normalized spacial score (nSPS) is 11.5. The monoisotopic (exact) mass is 385 g/mol. The Kier molecular flexibility index (Phi) is 4.63. The largest absolute Gasteiger partial charge is 0.464 e. The van der Waals surface area contributed by atoms with E-state index in [1.54, 1.807) is 12.3 Å². The third-order valence-electron chi connectivity index (χ3n) is 4.04. The van der Waals surface area contributed by atoms with Gasteiger partial charge in [0.15, 0.2) is 0 Å². The Labute approximate surface area is 158 Å². The first kappa shape index (κ1) is 17.0. The van der Waals surface area contributed by atoms with Crippen LogP contribution in [-0.2, 0) is 13.1 Å². The maximum Gasteiger partial charge on any atom is 0.260 e. The fourth-order valence-corrected chi connectivity index (χ4v) is 4.10. The van der Waals surface area contributed by atoms with E-state index in [2.05, 4.69) is 14.9 Å². The molecular weight excluding hydrogens is 370 g/mol. The molecule has 0 saturated carbocycles. The average molecular weight is 386 g/mol. The van der Waals surface area contributed by atoms with Gasteiger partial charge in [-0.25, -0.2) is 4.98 Å². The number of benzene rings is 1. The molecule has 1 N–H and O–H groups in total. The predicted octanol–water partition coefficient (Wildman–Crippen LogP) is 4.53. The number of hydrogen-bond acceptors (Lipinski definition) is 5. The standard InChI is InChI=1S/C19H16ClN3O2S/c1-23(9-12-4-2-5-13(20)8-12)10-16-21-18(24)17-14(11-26-19(17)22-16)15-6-3-7-25-15/h2-8,11H,9-10H2,1H3,(H,21,22,24). The van der Waals surface area contributed by atoms with Crippen LogP contribution in [0.1, 0.15) is 11.4 Å². The summed E-state index contributed by atoms with van der Waals surface area (Å²) in [6, 6.07) is 11.4. The van der Waals surface area contributed by atoms with Crippen molar-refractivity contribution in [2.75, 3.05) is 7.05 Å². The second-order valence-corrected chi connectivity index (χ2v) is 7.42. The number of H-pyrrole nitrogens is 1. The molecule has 0 fully saturated rings. The summed E-state index contributed by atoms with van der Waals surface area (Å²) in [7, 11) is 1.98. The van der Waals surface area contributed by atoms with Gasteiger partial charge in [-0.15, -0.1) is 11.3 Å². The molecule has 3 heterocycles. The second kappa shape index (κ2) is 7.07. The van der Waals surface area contributed by atoms with Crippen molar-refractivity contribution in [1.29, 1.82) is 0 Å². The SMILES string of the molecule is CN(Cc1cccc(Cl)c1)Cc1nc2scc(-c3ccco3)c2c(=O)[nH]1. The minimum absolute atomic E-state index is 0.145. The minimum Gasteiger partial charge on any atom is -0.464 e. The summed E-state index contributed by atoms with van der Waals surface area (Å²) in [6.07, 6.45) is 1.60. The van der Waals surface area contributed by atoms with E-state index in [1.165, 1.54) is 11.3 Å². The van der Waals surface area contributed by atoms with Gasteiger partial charge in [0.2, 0.25) is 0 Å². The van der Waals surface area contributed by atoms with Crippen molar-refractivity contribution in [2.24, 2.45) is 0 Å². The van der Waals surface area contributed by atoms with Crippen molar-refractivity contribution in [2.45, 2.75) is 13.1 Å². The van der Waals surface area contributed by atoms with Gasteiger partial charge in [-0.05, 0) is 36.9 Å². The highest BCUT2D eigenvalue weighted by molar-refractivity contribution is 7.17. The molecule has 5 nitrogen and oxygen atoms in total. The van der Waals surface area contributed by atoms with E-state index in [-0.39, 0.29) is 5.56 Å². The number of furan rings is 1. The molecule has 132 valence electrons. The molecule has 4 aromatic rings. The Morgan fingerprint density at radius 3 is 2.92 bits per heavy atom. The predicted molar refractivity (Wildman–Crippen MR) is 105 cm³/mol. The molecule has 0 aliphatic carbocycles. The van der Waals surface area contributed by atoms with Crippen LogP contribution in [0.5, 0.6) is 0 Å². The third-order valence-corrected chi connectivity index (χ3v) is 5.15. The zero-order valence-electron chi connectivity index (χ0n) is 14.0. The molecule has 1 aromatic carbocycles. The van der Waals surface area contributed by atoms with Crippen LogP contribution < -0.4 is 5.56 Å². The Hall–Kier alpha value is -2.41. The summed E-state index contributed by atoms with van der Waals surface area (Å²) >= 11 is 7.48. The first-order valence-electron chi connectivity index (χ1n) is 8.07. The first-order chi connectivity index (χ1) is 12.6. The molecule has 0 radical (unpaired) electrons. The molecular formula is C19H16ClN3O2S. The smallest absolute Gasteiger partial charge is 0.260 e. The molecule has 0 spiro atoms. The maximum atomic E-state index is 12.6. The third kappa shape index (κ3) is 3.44. The number of fused-ring (bicyclic) bond motifs is 1. The van der Waals surface area contributed by atoms with Crippen LogP contribution in [0.2, 0.25) is 5.02 Å². The van der Waals surface area contributed by atoms with Crippen molar-refractivity contribution in [1.82, 2.24) is 14.9 Å². The van der Waals surface area contributed by atoms with Crippen LogP contribution >= 0.6 is 22.9 Å². The van der Waals surface area contributed by atoms with Crippen LogP contribution in [0.3, 0.4) is 0 Å². The molecule has 3 aromatic heterocycles. The Morgan fingerprint density at radius 2 is 2.15 bits per heavy atom. The summed E-state index contributed by atoms with van der Waals surface area (Å²) in [5.74, 6) is 1.31. The van der Waals surface area contributed by atoms with Crippen LogP contribution in [0.25, 0.3) is 21.5 Å². The van der Waals surface area contributed by atoms with Crippen LogP contribution in [0.15, 0.2) is 57.3 Å². The number of rotatable bonds is 5. The molecule has 0 saturated heterocycles. The number of aromatic amines is 1. The summed E-state index contributed by atoms with van der Waals surface area (Å²) < 4.78 is 5.42. The van der Waals surface area contributed by atoms with Crippen LogP contribution in [0.4, 0.5) is 0 Å². The molecule has 4 rings (SSSR count). The average Bonchev–Trinajstić information content (AvgIpc) is 3.23. The highest BCUT2D eigenvalue weighted by Crippen LogP contribution is 2.30. The summed E-state index contributed by atoms with van der Waals surface area (Å²) in [6.45, 7) is 1.25. The zero-order valence-corrected chi connectivity index (χ0v) is 15.6. The lowest BCUT2D eigenvalue weighted by molar-refractivity contribution is 0.311. The Morgan fingerprint density at radius 1 is 1.27 bits per heavy atom. The molecule has 0 unspecified atom stereocenters. The van der Waals surface area contributed by atoms with Gasteiger partial charge in [0.25, 0.3) is 5.56 Å². The second-order valence-electron chi connectivity index (χ2n) is 6.12. The van der Waals surface area contributed by atoms with Gasteiger partial charge < -0.3 is 9.40 Å². The summed E-state index contributed by atoms with van der Waals surface area (Å²) in [5.41, 5.74) is 1.75. The Bertz CT molecular complexity index is 1100. The number of nitrogens with zero attached hydrogens (tertiary/aromatic N) is 2. The van der Waals surface area contributed by atoms with Crippen LogP contribution in [-0.4, -0.2) is 21.9 Å². The molecule has 0 amide bonds. The van der Waals surface area contributed by atoms with E-state index in [0.717, 1.165) is 11.1 Å². The lowest BCUT2D eigenvalue weighted by Gasteiger charge is -2.16. The van der Waals surface area contributed by atoms with Crippen molar-refractivity contribution in [3.8, 4) is 11.3 Å². The van der Waals surface area contributed by atoms with E-state index in [0.29, 0.717) is 39.9 Å². The lowest BCUT2D eigenvalue weighted by Crippen LogP contribution is -2.21. The van der Waals surface area contributed by atoms with E-state index < -0.39 is 0 Å². The van der Waals surface area contributed by atoms with Crippen LogP contribution in [0, 0.1) is 0 Å². The van der Waals surface area contributed by atoms with Gasteiger partial charge in [-0.1, -0.05) is 23.7 Å². The fourth-order valence-electron chi connectivity index (χ4n) is 2.94. The highest BCUT2D eigenvalue weighted by Gasteiger charge is 2.15. The van der Waals surface area contributed by atoms with Crippen molar-refractivity contribution >= 4 is 33.2 Å². The molecule has 7 heteroatoms. The van der Waals surface area contributed by atoms with E-state index in [1.807, 2.05) is 42.8 Å². The van der Waals surface area contributed by atoms with Gasteiger partial charge in [-0.2, -0.15) is 0 Å². The van der Waals surface area contributed by atoms with Crippen molar-refractivity contribution in [3.05, 3.63) is 74.8 Å². The van der Waals surface area contributed by atoms with Gasteiger partial charge >= 0.3 is 0 Å².